The molecule has 2 heterocycles. The van der Waals surface area contributed by atoms with Crippen molar-refractivity contribution < 1.29 is 0 Å². The van der Waals surface area contributed by atoms with Gasteiger partial charge >= 0.3 is 0 Å². The Morgan fingerprint density at radius 3 is 2.50 bits per heavy atom. The maximum atomic E-state index is 6.12. The summed E-state index contributed by atoms with van der Waals surface area (Å²) in [7, 11) is 0. The highest BCUT2D eigenvalue weighted by atomic mass is 35.5. The van der Waals surface area contributed by atoms with Gasteiger partial charge in [0.25, 0.3) is 0 Å². The van der Waals surface area contributed by atoms with Crippen molar-refractivity contribution in [2.24, 2.45) is 0 Å². The Bertz CT molecular complexity index is 375. The molecule has 0 aliphatic carbocycles. The van der Waals surface area contributed by atoms with Crippen LogP contribution in [0.25, 0.3) is 0 Å². The molecule has 1 aromatic heterocycles. The molecule has 0 spiro atoms. The molecule has 5 heteroatoms. The number of halogens is 1. The third-order valence-corrected chi connectivity index (χ3v) is 6.24. The van der Waals surface area contributed by atoms with Gasteiger partial charge in [0.15, 0.2) is 0 Å². The Kier molecular flexibility index (Phi) is 4.03. The van der Waals surface area contributed by atoms with E-state index in [1.165, 1.54) is 11.5 Å². The zero-order valence-electron chi connectivity index (χ0n) is 9.66. The van der Waals surface area contributed by atoms with Crippen LogP contribution in [0.1, 0.15) is 29.3 Å². The van der Waals surface area contributed by atoms with Gasteiger partial charge in [-0.2, -0.15) is 11.8 Å². The smallest absolute Gasteiger partial charge is 0.144 e. The van der Waals surface area contributed by atoms with Crippen LogP contribution in [0.2, 0.25) is 5.15 Å². The van der Waals surface area contributed by atoms with Gasteiger partial charge in [0.1, 0.15) is 11.0 Å². The van der Waals surface area contributed by atoms with Gasteiger partial charge in [-0.15, -0.1) is 11.8 Å². The molecule has 16 heavy (non-hydrogen) atoms. The Morgan fingerprint density at radius 2 is 1.88 bits per heavy atom. The number of hydrogen-bond donors (Lipinski definition) is 0. The summed E-state index contributed by atoms with van der Waals surface area (Å²) in [5, 5.41) is 1.55. The lowest BCUT2D eigenvalue weighted by Crippen LogP contribution is -2.18. The molecular weight excluding hydrogens is 260 g/mol. The molecule has 1 aliphatic heterocycles. The van der Waals surface area contributed by atoms with E-state index in [1.54, 1.807) is 0 Å². The van der Waals surface area contributed by atoms with Crippen LogP contribution in [0.15, 0.2) is 0 Å². The van der Waals surface area contributed by atoms with Crippen molar-refractivity contribution >= 4 is 35.1 Å². The first kappa shape index (κ1) is 12.5. The van der Waals surface area contributed by atoms with Crippen LogP contribution in [0, 0.1) is 13.8 Å². The van der Waals surface area contributed by atoms with E-state index in [2.05, 4.69) is 16.9 Å². The lowest BCUT2D eigenvalue weighted by molar-refractivity contribution is 0.809. The first-order chi connectivity index (χ1) is 7.59. The summed E-state index contributed by atoms with van der Waals surface area (Å²) >= 11 is 10.1. The molecule has 0 radical (unpaired) electrons. The zero-order valence-corrected chi connectivity index (χ0v) is 12.0. The molecule has 0 N–H and O–H groups in total. The molecule has 2 atom stereocenters. The number of rotatable bonds is 1. The highest BCUT2D eigenvalue weighted by Gasteiger charge is 2.27. The van der Waals surface area contributed by atoms with Crippen LogP contribution in [0.3, 0.4) is 0 Å². The summed E-state index contributed by atoms with van der Waals surface area (Å²) in [6.07, 6.45) is 0. The van der Waals surface area contributed by atoms with Crippen molar-refractivity contribution in [1.29, 1.82) is 0 Å². The van der Waals surface area contributed by atoms with Gasteiger partial charge in [-0.25, -0.2) is 9.97 Å². The molecule has 1 aromatic rings. The van der Waals surface area contributed by atoms with Gasteiger partial charge in [-0.1, -0.05) is 18.5 Å². The minimum absolute atomic E-state index is 0.385. The number of nitrogens with zero attached hydrogens (tertiary/aromatic N) is 2. The summed E-state index contributed by atoms with van der Waals surface area (Å²) in [5.41, 5.74) is 1.99. The van der Waals surface area contributed by atoms with Gasteiger partial charge in [-0.05, 0) is 13.8 Å². The predicted molar refractivity (Wildman–Crippen MR) is 73.6 cm³/mol. The van der Waals surface area contributed by atoms with Crippen molar-refractivity contribution in [1.82, 2.24) is 9.97 Å². The second-order valence-corrected chi connectivity index (χ2v) is 7.04. The quantitative estimate of drug-likeness (QED) is 0.730. The Labute approximate surface area is 110 Å². The lowest BCUT2D eigenvalue weighted by Gasteiger charge is -2.27. The van der Waals surface area contributed by atoms with Gasteiger partial charge in [0.2, 0.25) is 0 Å². The van der Waals surface area contributed by atoms with Crippen LogP contribution < -0.4 is 0 Å². The maximum Gasteiger partial charge on any atom is 0.144 e. The van der Waals surface area contributed by atoms with Crippen molar-refractivity contribution in [3.63, 3.8) is 0 Å². The van der Waals surface area contributed by atoms with Crippen LogP contribution in [0.5, 0.6) is 0 Å². The molecule has 0 aromatic carbocycles. The average Bonchev–Trinajstić information content (AvgIpc) is 2.26. The van der Waals surface area contributed by atoms with E-state index in [-0.39, 0.29) is 0 Å². The molecule has 88 valence electrons. The summed E-state index contributed by atoms with van der Waals surface area (Å²) in [6, 6.07) is 0. The summed E-state index contributed by atoms with van der Waals surface area (Å²) in [5.74, 6) is 3.30. The minimum atomic E-state index is 0.385. The van der Waals surface area contributed by atoms with Crippen LogP contribution in [0.4, 0.5) is 0 Å². The number of aromatic nitrogens is 2. The molecule has 1 aliphatic rings. The van der Waals surface area contributed by atoms with Crippen molar-refractivity contribution in [2.45, 2.75) is 31.3 Å². The predicted octanol–water partition coefficient (Wildman–Crippen LogP) is 3.66. The molecule has 2 rings (SSSR count). The third kappa shape index (κ3) is 2.49. The highest BCUT2D eigenvalue weighted by molar-refractivity contribution is 8.06. The fourth-order valence-corrected chi connectivity index (χ4v) is 4.57. The van der Waals surface area contributed by atoms with Gasteiger partial charge in [0, 0.05) is 28.0 Å². The highest BCUT2D eigenvalue weighted by Crippen LogP contribution is 2.41. The molecule has 0 amide bonds. The zero-order chi connectivity index (χ0) is 11.7. The van der Waals surface area contributed by atoms with E-state index in [0.717, 1.165) is 17.1 Å². The van der Waals surface area contributed by atoms with E-state index in [4.69, 9.17) is 11.6 Å². The van der Waals surface area contributed by atoms with Crippen LogP contribution in [-0.2, 0) is 0 Å². The van der Waals surface area contributed by atoms with Crippen molar-refractivity contribution in [3.8, 4) is 0 Å². The molecular formula is C11H15ClN2S2. The van der Waals surface area contributed by atoms with Gasteiger partial charge in [-0.3, -0.25) is 0 Å². The molecule has 1 saturated heterocycles. The largest absolute Gasteiger partial charge is 0.237 e. The van der Waals surface area contributed by atoms with E-state index in [1.807, 2.05) is 37.4 Å². The van der Waals surface area contributed by atoms with E-state index in [0.29, 0.717) is 15.7 Å². The normalized spacial score (nSPS) is 25.8. The fraction of sp³-hybridized carbons (Fsp3) is 0.636. The molecule has 2 unspecified atom stereocenters. The standard InChI is InChI=1S/C11H15ClN2S2/c1-6-7(2)13-11(14-10(6)12)9-8(3)15-4-5-16-9/h8-9H,4-5H2,1-3H3. The molecule has 1 fully saturated rings. The van der Waals surface area contributed by atoms with E-state index >= 15 is 0 Å². The SMILES string of the molecule is Cc1nc(C2SCCSC2C)nc(Cl)c1C. The van der Waals surface area contributed by atoms with Crippen molar-refractivity contribution in [3.05, 3.63) is 22.2 Å². The average molecular weight is 275 g/mol. The minimum Gasteiger partial charge on any atom is -0.237 e. The number of aryl methyl sites for hydroxylation is 1. The summed E-state index contributed by atoms with van der Waals surface area (Å²) < 4.78 is 0. The molecule has 0 saturated carbocycles. The van der Waals surface area contributed by atoms with Crippen LogP contribution >= 0.6 is 35.1 Å². The first-order valence-electron chi connectivity index (χ1n) is 5.33. The van der Waals surface area contributed by atoms with E-state index in [9.17, 15) is 0 Å². The lowest BCUT2D eigenvalue weighted by atomic mass is 10.2. The molecule has 0 bridgehead atoms. The Morgan fingerprint density at radius 1 is 1.19 bits per heavy atom. The van der Waals surface area contributed by atoms with Crippen LogP contribution in [-0.4, -0.2) is 26.7 Å². The monoisotopic (exact) mass is 274 g/mol. The maximum absolute atomic E-state index is 6.12. The second-order valence-electron chi connectivity index (χ2n) is 3.95. The summed E-state index contributed by atoms with van der Waals surface area (Å²) in [6.45, 7) is 6.21. The second kappa shape index (κ2) is 5.15. The van der Waals surface area contributed by atoms with Gasteiger partial charge in [0.05, 0.1) is 5.25 Å². The van der Waals surface area contributed by atoms with Crippen molar-refractivity contribution in [2.75, 3.05) is 11.5 Å². The Hall–Kier alpha value is 0.0700. The third-order valence-electron chi connectivity index (χ3n) is 2.79. The number of thioether (sulfide) groups is 2. The summed E-state index contributed by atoms with van der Waals surface area (Å²) in [4.78, 5) is 9.01. The van der Waals surface area contributed by atoms with E-state index < -0.39 is 0 Å². The fourth-order valence-electron chi connectivity index (χ4n) is 1.66. The topological polar surface area (TPSA) is 25.8 Å². The first-order valence-corrected chi connectivity index (χ1v) is 7.81. The number of hydrogen-bond acceptors (Lipinski definition) is 4. The molecule has 2 nitrogen and oxygen atoms in total. The van der Waals surface area contributed by atoms with Gasteiger partial charge < -0.3 is 0 Å². The Balaban J connectivity index is 2.32.